The first-order chi connectivity index (χ1) is 11.0. The summed E-state index contributed by atoms with van der Waals surface area (Å²) in [4.78, 5) is 13.7. The van der Waals surface area contributed by atoms with Gasteiger partial charge in [0.2, 0.25) is 0 Å². The molecule has 1 aromatic heterocycles. The molecule has 1 aliphatic rings. The highest BCUT2D eigenvalue weighted by Gasteiger charge is 2.26. The van der Waals surface area contributed by atoms with Gasteiger partial charge in [-0.3, -0.25) is 0 Å². The van der Waals surface area contributed by atoms with Crippen molar-refractivity contribution in [3.8, 4) is 0 Å². The summed E-state index contributed by atoms with van der Waals surface area (Å²) in [5, 5.41) is 10.2. The Bertz CT molecular complexity index is 715. The lowest BCUT2D eigenvalue weighted by Gasteiger charge is -2.33. The molecule has 2 heterocycles. The van der Waals surface area contributed by atoms with Crippen LogP contribution in [0.15, 0.2) is 24.3 Å². The molecule has 0 atom stereocenters. The standard InChI is InChI=1S/C17H22N2O4/c1-11-16(17(20)21)13-6-4-5-7-14(13)19(11)8-15-22-9-12(10-23-15)18(2)3/h4-7,12,15H,8-10H2,1-3H3,(H,20,21). The maximum atomic E-state index is 11.6. The molecule has 0 saturated carbocycles. The molecule has 1 N–H and O–H groups in total. The summed E-state index contributed by atoms with van der Waals surface area (Å²) in [5.41, 5.74) is 1.97. The largest absolute Gasteiger partial charge is 0.478 e. The highest BCUT2D eigenvalue weighted by atomic mass is 16.7. The third kappa shape index (κ3) is 2.97. The van der Waals surface area contributed by atoms with Gasteiger partial charge < -0.3 is 24.0 Å². The average molecular weight is 318 g/mol. The zero-order chi connectivity index (χ0) is 16.6. The number of aromatic carboxylic acids is 1. The lowest BCUT2D eigenvalue weighted by molar-refractivity contribution is -0.206. The fraction of sp³-hybridized carbons (Fsp3) is 0.471. The molecule has 0 amide bonds. The van der Waals surface area contributed by atoms with E-state index in [4.69, 9.17) is 9.47 Å². The van der Waals surface area contributed by atoms with Crippen LogP contribution in [0.5, 0.6) is 0 Å². The number of carboxylic acids is 1. The molecule has 1 aliphatic heterocycles. The molecule has 124 valence electrons. The van der Waals surface area contributed by atoms with Gasteiger partial charge in [-0.25, -0.2) is 4.79 Å². The van der Waals surface area contributed by atoms with Gasteiger partial charge in [-0.05, 0) is 27.1 Å². The molecule has 6 nitrogen and oxygen atoms in total. The van der Waals surface area contributed by atoms with Gasteiger partial charge in [-0.1, -0.05) is 18.2 Å². The van der Waals surface area contributed by atoms with Gasteiger partial charge in [-0.2, -0.15) is 0 Å². The van der Waals surface area contributed by atoms with Crippen LogP contribution < -0.4 is 0 Å². The molecule has 23 heavy (non-hydrogen) atoms. The van der Waals surface area contributed by atoms with Crippen LogP contribution in [-0.2, 0) is 16.0 Å². The van der Waals surface area contributed by atoms with E-state index in [2.05, 4.69) is 4.90 Å². The highest BCUT2D eigenvalue weighted by Crippen LogP contribution is 2.27. The van der Waals surface area contributed by atoms with E-state index in [-0.39, 0.29) is 12.3 Å². The number of hydrogen-bond donors (Lipinski definition) is 1. The zero-order valence-electron chi connectivity index (χ0n) is 13.7. The number of benzene rings is 1. The van der Waals surface area contributed by atoms with Crippen LogP contribution in [0.4, 0.5) is 0 Å². The monoisotopic (exact) mass is 318 g/mol. The van der Waals surface area contributed by atoms with E-state index in [1.165, 1.54) is 0 Å². The summed E-state index contributed by atoms with van der Waals surface area (Å²) in [6.45, 7) is 3.54. The predicted octanol–water partition coefficient (Wildman–Crippen LogP) is 1.95. The third-order valence-electron chi connectivity index (χ3n) is 4.46. The molecular weight excluding hydrogens is 296 g/mol. The van der Waals surface area contributed by atoms with Gasteiger partial charge in [0, 0.05) is 16.6 Å². The molecule has 1 fully saturated rings. The molecule has 1 aromatic carbocycles. The van der Waals surface area contributed by atoms with Crippen molar-refractivity contribution in [2.45, 2.75) is 25.8 Å². The molecule has 0 spiro atoms. The van der Waals surface area contributed by atoms with E-state index in [1.807, 2.05) is 49.9 Å². The van der Waals surface area contributed by atoms with E-state index in [1.54, 1.807) is 0 Å². The van der Waals surface area contributed by atoms with Crippen molar-refractivity contribution in [3.05, 3.63) is 35.5 Å². The maximum absolute atomic E-state index is 11.6. The van der Waals surface area contributed by atoms with Gasteiger partial charge in [0.15, 0.2) is 6.29 Å². The molecular formula is C17H22N2O4. The molecule has 6 heteroatoms. The number of rotatable bonds is 4. The van der Waals surface area contributed by atoms with Gasteiger partial charge in [0.1, 0.15) is 0 Å². The van der Waals surface area contributed by atoms with Crippen LogP contribution in [0, 0.1) is 6.92 Å². The summed E-state index contributed by atoms with van der Waals surface area (Å²) < 4.78 is 13.6. The normalized spacial score (nSPS) is 21.9. The lowest BCUT2D eigenvalue weighted by Crippen LogP contribution is -2.45. The van der Waals surface area contributed by atoms with E-state index < -0.39 is 5.97 Å². The molecule has 0 bridgehead atoms. The number of fused-ring (bicyclic) bond motifs is 1. The van der Waals surface area contributed by atoms with Crippen LogP contribution in [0.3, 0.4) is 0 Å². The van der Waals surface area contributed by atoms with Crippen molar-refractivity contribution < 1.29 is 19.4 Å². The molecule has 3 rings (SSSR count). The molecule has 0 radical (unpaired) electrons. The quantitative estimate of drug-likeness (QED) is 0.933. The number of aromatic nitrogens is 1. The summed E-state index contributed by atoms with van der Waals surface area (Å²) in [6.07, 6.45) is -0.359. The van der Waals surface area contributed by atoms with E-state index >= 15 is 0 Å². The van der Waals surface area contributed by atoms with Crippen molar-refractivity contribution in [3.63, 3.8) is 0 Å². The van der Waals surface area contributed by atoms with Crippen molar-refractivity contribution in [1.82, 2.24) is 9.47 Å². The third-order valence-corrected chi connectivity index (χ3v) is 4.46. The average Bonchev–Trinajstić information content (AvgIpc) is 2.80. The number of carbonyl (C=O) groups is 1. The SMILES string of the molecule is Cc1c(C(=O)O)c2ccccc2n1CC1OCC(N(C)C)CO1. The summed E-state index contributed by atoms with van der Waals surface area (Å²) in [5.74, 6) is -0.907. The Morgan fingerprint density at radius 2 is 1.96 bits per heavy atom. The first-order valence-electron chi connectivity index (χ1n) is 7.69. The van der Waals surface area contributed by atoms with E-state index in [9.17, 15) is 9.90 Å². The smallest absolute Gasteiger partial charge is 0.338 e. The minimum Gasteiger partial charge on any atom is -0.478 e. The first kappa shape index (κ1) is 16.0. The molecule has 1 saturated heterocycles. The Hall–Kier alpha value is -1.89. The fourth-order valence-corrected chi connectivity index (χ4v) is 3.02. The van der Waals surface area contributed by atoms with Crippen molar-refractivity contribution in [1.29, 1.82) is 0 Å². The highest BCUT2D eigenvalue weighted by molar-refractivity contribution is 6.05. The van der Waals surface area contributed by atoms with E-state index in [0.29, 0.717) is 25.3 Å². The molecule has 0 aliphatic carbocycles. The van der Waals surface area contributed by atoms with Crippen LogP contribution >= 0.6 is 0 Å². The fourth-order valence-electron chi connectivity index (χ4n) is 3.02. The van der Waals surface area contributed by atoms with Crippen LogP contribution in [0.2, 0.25) is 0 Å². The first-order valence-corrected chi connectivity index (χ1v) is 7.69. The number of hydrogen-bond acceptors (Lipinski definition) is 4. The Kier molecular flexibility index (Phi) is 4.39. The van der Waals surface area contributed by atoms with Gasteiger partial charge in [0.25, 0.3) is 0 Å². The van der Waals surface area contributed by atoms with Crippen LogP contribution in [0.1, 0.15) is 16.1 Å². The number of para-hydroxylation sites is 1. The summed E-state index contributed by atoms with van der Waals surface area (Å²) in [6, 6.07) is 7.79. The number of carboxylic acid groups (broad SMARTS) is 1. The number of nitrogens with zero attached hydrogens (tertiary/aromatic N) is 2. The van der Waals surface area contributed by atoms with Crippen LogP contribution in [-0.4, -0.2) is 60.2 Å². The topological polar surface area (TPSA) is 63.9 Å². The van der Waals surface area contributed by atoms with E-state index in [0.717, 1.165) is 16.6 Å². The number of likely N-dealkylation sites (N-methyl/N-ethyl adjacent to an activating group) is 1. The minimum atomic E-state index is -0.907. The molecule has 0 unspecified atom stereocenters. The number of ether oxygens (including phenoxy) is 2. The second kappa shape index (κ2) is 6.31. The maximum Gasteiger partial charge on any atom is 0.338 e. The lowest BCUT2D eigenvalue weighted by atomic mass is 10.1. The Labute approximate surface area is 135 Å². The Morgan fingerprint density at radius 1 is 1.30 bits per heavy atom. The Morgan fingerprint density at radius 3 is 2.57 bits per heavy atom. The zero-order valence-corrected chi connectivity index (χ0v) is 13.7. The Balaban J connectivity index is 1.87. The second-order valence-corrected chi connectivity index (χ2v) is 6.11. The van der Waals surface area contributed by atoms with Gasteiger partial charge in [-0.15, -0.1) is 0 Å². The summed E-state index contributed by atoms with van der Waals surface area (Å²) in [7, 11) is 4.00. The second-order valence-electron chi connectivity index (χ2n) is 6.11. The van der Waals surface area contributed by atoms with Gasteiger partial charge >= 0.3 is 5.97 Å². The molecule has 2 aromatic rings. The van der Waals surface area contributed by atoms with Crippen molar-refractivity contribution in [2.75, 3.05) is 27.3 Å². The predicted molar refractivity (Wildman–Crippen MR) is 86.8 cm³/mol. The minimum absolute atomic E-state index is 0.253. The van der Waals surface area contributed by atoms with Crippen molar-refractivity contribution in [2.24, 2.45) is 0 Å². The van der Waals surface area contributed by atoms with Crippen LogP contribution in [0.25, 0.3) is 10.9 Å². The van der Waals surface area contributed by atoms with Crippen molar-refractivity contribution >= 4 is 16.9 Å². The van der Waals surface area contributed by atoms with Gasteiger partial charge in [0.05, 0.1) is 31.4 Å². The summed E-state index contributed by atoms with van der Waals surface area (Å²) >= 11 is 0.